The van der Waals surface area contributed by atoms with Gasteiger partial charge in [0, 0.05) is 10.0 Å². The maximum absolute atomic E-state index is 12.6. The van der Waals surface area contributed by atoms with Gasteiger partial charge in [-0.05, 0) is 25.1 Å². The molecule has 102 valence electrons. The van der Waals surface area contributed by atoms with E-state index in [-0.39, 0.29) is 23.1 Å². The van der Waals surface area contributed by atoms with Crippen LogP contribution in [-0.4, -0.2) is 12.6 Å². The third kappa shape index (κ3) is 4.95. The van der Waals surface area contributed by atoms with Crippen molar-refractivity contribution in [3.8, 4) is 11.8 Å². The first-order chi connectivity index (χ1) is 8.84. The van der Waals surface area contributed by atoms with E-state index in [0.29, 0.717) is 0 Å². The van der Waals surface area contributed by atoms with Crippen LogP contribution in [0.3, 0.4) is 0 Å². The summed E-state index contributed by atoms with van der Waals surface area (Å²) in [7, 11) is 0. The van der Waals surface area contributed by atoms with Gasteiger partial charge in [-0.3, -0.25) is 4.79 Å². The van der Waals surface area contributed by atoms with Crippen molar-refractivity contribution >= 4 is 21.9 Å². The van der Waals surface area contributed by atoms with E-state index < -0.39 is 17.7 Å². The second-order valence-electron chi connectivity index (χ2n) is 3.48. The highest BCUT2D eigenvalue weighted by molar-refractivity contribution is 9.10. The molecule has 1 aromatic carbocycles. The number of hydrogen-bond acceptors (Lipinski definition) is 2. The maximum Gasteiger partial charge on any atom is 0.417 e. The van der Waals surface area contributed by atoms with Crippen LogP contribution < -0.4 is 0 Å². The van der Waals surface area contributed by atoms with Gasteiger partial charge in [0.05, 0.1) is 12.2 Å². The number of hydrogen-bond donors (Lipinski definition) is 0. The minimum absolute atomic E-state index is 0.0454. The summed E-state index contributed by atoms with van der Waals surface area (Å²) >= 11 is 2.84. The van der Waals surface area contributed by atoms with Gasteiger partial charge in [-0.15, -0.1) is 0 Å². The van der Waals surface area contributed by atoms with Crippen molar-refractivity contribution in [3.05, 3.63) is 33.8 Å². The molecule has 1 rings (SSSR count). The summed E-state index contributed by atoms with van der Waals surface area (Å²) in [5.74, 6) is 4.48. The van der Waals surface area contributed by atoms with Crippen LogP contribution in [0.25, 0.3) is 0 Å². The lowest BCUT2D eigenvalue weighted by Gasteiger charge is -2.08. The molecule has 6 heteroatoms. The SMILES string of the molecule is CCOC(=O)CC#Cc1ccc(Br)c(C(F)(F)F)c1. The van der Waals surface area contributed by atoms with Gasteiger partial charge in [-0.2, -0.15) is 13.2 Å². The summed E-state index contributed by atoms with van der Waals surface area (Å²) in [4.78, 5) is 11.0. The Kier molecular flexibility index (Phi) is 5.43. The fourth-order valence-corrected chi connectivity index (χ4v) is 1.72. The molecule has 0 saturated carbocycles. The van der Waals surface area contributed by atoms with Gasteiger partial charge in [0.25, 0.3) is 0 Å². The molecule has 0 bridgehead atoms. The Morgan fingerprint density at radius 1 is 1.42 bits per heavy atom. The van der Waals surface area contributed by atoms with Crippen molar-refractivity contribution in [2.75, 3.05) is 6.61 Å². The standard InChI is InChI=1S/C13H10BrF3O2/c1-2-19-12(18)5-3-4-9-6-7-11(14)10(8-9)13(15,16)17/h6-8H,2,5H2,1H3. The minimum atomic E-state index is -4.45. The molecular weight excluding hydrogens is 325 g/mol. The highest BCUT2D eigenvalue weighted by Crippen LogP contribution is 2.35. The number of carbonyl (C=O) groups is 1. The van der Waals surface area contributed by atoms with Crippen LogP contribution in [0.4, 0.5) is 13.2 Å². The van der Waals surface area contributed by atoms with Crippen LogP contribution in [0.1, 0.15) is 24.5 Å². The molecule has 0 aliphatic rings. The number of benzene rings is 1. The zero-order valence-corrected chi connectivity index (χ0v) is 11.6. The number of esters is 1. The molecule has 0 fully saturated rings. The molecule has 0 aliphatic heterocycles. The van der Waals surface area contributed by atoms with Crippen LogP contribution in [-0.2, 0) is 15.7 Å². The molecule has 0 aromatic heterocycles. The van der Waals surface area contributed by atoms with Crippen LogP contribution in [0.2, 0.25) is 0 Å². The molecule has 0 amide bonds. The van der Waals surface area contributed by atoms with E-state index in [9.17, 15) is 18.0 Å². The van der Waals surface area contributed by atoms with Gasteiger partial charge in [0.2, 0.25) is 0 Å². The third-order valence-electron chi connectivity index (χ3n) is 2.04. The van der Waals surface area contributed by atoms with E-state index in [4.69, 9.17) is 0 Å². The fraction of sp³-hybridized carbons (Fsp3) is 0.308. The predicted molar refractivity (Wildman–Crippen MR) is 67.3 cm³/mol. The average molecular weight is 335 g/mol. The summed E-state index contributed by atoms with van der Waals surface area (Å²) in [5.41, 5.74) is -0.602. The molecule has 0 heterocycles. The fourth-order valence-electron chi connectivity index (χ4n) is 1.25. The van der Waals surface area contributed by atoms with Crippen molar-refractivity contribution < 1.29 is 22.7 Å². The molecular formula is C13H10BrF3O2. The Hall–Kier alpha value is -1.48. The Morgan fingerprint density at radius 2 is 2.11 bits per heavy atom. The normalized spacial score (nSPS) is 10.6. The Morgan fingerprint density at radius 3 is 2.68 bits per heavy atom. The molecule has 2 nitrogen and oxygen atoms in total. The third-order valence-corrected chi connectivity index (χ3v) is 2.73. The van der Waals surface area contributed by atoms with Crippen molar-refractivity contribution in [3.63, 3.8) is 0 Å². The first-order valence-electron chi connectivity index (χ1n) is 5.36. The number of ether oxygens (including phenoxy) is 1. The zero-order valence-electron chi connectivity index (χ0n) is 9.97. The molecule has 0 spiro atoms. The summed E-state index contributed by atoms with van der Waals surface area (Å²) in [5, 5.41) is 0. The van der Waals surface area contributed by atoms with Crippen LogP contribution >= 0.6 is 15.9 Å². The van der Waals surface area contributed by atoms with E-state index in [1.807, 2.05) is 0 Å². The van der Waals surface area contributed by atoms with Crippen molar-refractivity contribution in [1.29, 1.82) is 0 Å². The number of halogens is 4. The summed E-state index contributed by atoms with van der Waals surface area (Å²) in [6.07, 6.45) is -4.59. The largest absolute Gasteiger partial charge is 0.465 e. The van der Waals surface area contributed by atoms with E-state index >= 15 is 0 Å². The average Bonchev–Trinajstić information content (AvgIpc) is 2.30. The summed E-state index contributed by atoms with van der Waals surface area (Å²) < 4.78 is 42.5. The van der Waals surface area contributed by atoms with Gasteiger partial charge in [-0.1, -0.05) is 27.8 Å². The maximum atomic E-state index is 12.6. The molecule has 0 aliphatic carbocycles. The van der Waals surface area contributed by atoms with Crippen LogP contribution in [0.5, 0.6) is 0 Å². The highest BCUT2D eigenvalue weighted by atomic mass is 79.9. The first kappa shape index (κ1) is 15.6. The van der Waals surface area contributed by atoms with E-state index in [1.54, 1.807) is 6.92 Å². The minimum Gasteiger partial charge on any atom is -0.465 e. The molecule has 0 N–H and O–H groups in total. The number of carbonyl (C=O) groups excluding carboxylic acids is 1. The number of alkyl halides is 3. The van der Waals surface area contributed by atoms with E-state index in [0.717, 1.165) is 6.07 Å². The smallest absolute Gasteiger partial charge is 0.417 e. The first-order valence-corrected chi connectivity index (χ1v) is 6.15. The highest BCUT2D eigenvalue weighted by Gasteiger charge is 2.32. The van der Waals surface area contributed by atoms with Gasteiger partial charge in [0.15, 0.2) is 0 Å². The Bertz CT molecular complexity index is 527. The topological polar surface area (TPSA) is 26.3 Å². The molecule has 1 aromatic rings. The van der Waals surface area contributed by atoms with Crippen molar-refractivity contribution in [1.82, 2.24) is 0 Å². The summed E-state index contributed by atoms with van der Waals surface area (Å²) in [6, 6.07) is 3.65. The van der Waals surface area contributed by atoms with Gasteiger partial charge >= 0.3 is 12.1 Å². The summed E-state index contributed by atoms with van der Waals surface area (Å²) in [6.45, 7) is 1.91. The van der Waals surface area contributed by atoms with E-state index in [1.165, 1.54) is 12.1 Å². The quantitative estimate of drug-likeness (QED) is 0.607. The van der Waals surface area contributed by atoms with Crippen LogP contribution in [0.15, 0.2) is 22.7 Å². The zero-order chi connectivity index (χ0) is 14.5. The molecule has 0 radical (unpaired) electrons. The van der Waals surface area contributed by atoms with Crippen LogP contribution in [0, 0.1) is 11.8 Å². The molecule has 19 heavy (non-hydrogen) atoms. The second-order valence-corrected chi connectivity index (χ2v) is 4.33. The Balaban J connectivity index is 2.87. The second kappa shape index (κ2) is 6.62. The number of rotatable bonds is 2. The predicted octanol–water partition coefficient (Wildman–Crippen LogP) is 3.77. The molecule has 0 saturated heterocycles. The van der Waals surface area contributed by atoms with Crippen molar-refractivity contribution in [2.24, 2.45) is 0 Å². The lowest BCUT2D eigenvalue weighted by Crippen LogP contribution is -2.06. The lowest BCUT2D eigenvalue weighted by atomic mass is 10.1. The monoisotopic (exact) mass is 334 g/mol. The molecule has 0 atom stereocenters. The Labute approximate surface area is 117 Å². The van der Waals surface area contributed by atoms with Gasteiger partial charge in [0.1, 0.15) is 6.42 Å². The lowest BCUT2D eigenvalue weighted by molar-refractivity contribution is -0.142. The van der Waals surface area contributed by atoms with E-state index in [2.05, 4.69) is 32.5 Å². The van der Waals surface area contributed by atoms with Gasteiger partial charge in [-0.25, -0.2) is 0 Å². The van der Waals surface area contributed by atoms with Crippen molar-refractivity contribution in [2.45, 2.75) is 19.5 Å². The molecule has 0 unspecified atom stereocenters. The van der Waals surface area contributed by atoms with Gasteiger partial charge < -0.3 is 4.74 Å².